The zero-order valence-corrected chi connectivity index (χ0v) is 24.8. The Labute approximate surface area is 239 Å². The molecule has 0 spiro atoms. The maximum Gasteiger partial charge on any atom is 0.167 e. The minimum absolute atomic E-state index is 0.100. The van der Waals surface area contributed by atoms with Crippen LogP contribution in [-0.4, -0.2) is 26.7 Å². The molecule has 5 nitrogen and oxygen atoms in total. The Balaban J connectivity index is 1.81. The monoisotopic (exact) mass is 537 g/mol. The minimum Gasteiger partial charge on any atom is -0.507 e. The van der Waals surface area contributed by atoms with Gasteiger partial charge in [0, 0.05) is 17.2 Å². The number of nitrogens with zero attached hydrogens (tertiary/aromatic N) is 3. The van der Waals surface area contributed by atoms with E-state index in [2.05, 4.69) is 71.0 Å². The first kappa shape index (κ1) is 29.3. The van der Waals surface area contributed by atoms with E-state index in [1.54, 1.807) is 6.07 Å². The van der Waals surface area contributed by atoms with E-state index in [-0.39, 0.29) is 5.75 Å². The molecular formula is C35H43N3O2. The van der Waals surface area contributed by atoms with E-state index in [9.17, 15) is 5.11 Å². The van der Waals surface area contributed by atoms with Crippen molar-refractivity contribution in [2.24, 2.45) is 0 Å². The molecule has 3 aromatic carbocycles. The lowest BCUT2D eigenvalue weighted by atomic mass is 9.99. The van der Waals surface area contributed by atoms with Crippen molar-refractivity contribution >= 4 is 0 Å². The number of unbranched alkanes of at least 4 members (excludes halogenated alkanes) is 3. The summed E-state index contributed by atoms with van der Waals surface area (Å²) in [5.41, 5.74) is 7.56. The number of ether oxygens (including phenoxy) is 1. The Morgan fingerprint density at radius 2 is 1.10 bits per heavy atom. The summed E-state index contributed by atoms with van der Waals surface area (Å²) in [6.07, 6.45) is 8.26. The van der Waals surface area contributed by atoms with Crippen LogP contribution in [-0.2, 0) is 25.7 Å². The third-order valence-corrected chi connectivity index (χ3v) is 7.51. The molecule has 0 aliphatic heterocycles. The maximum absolute atomic E-state index is 11.1. The van der Waals surface area contributed by atoms with Crippen LogP contribution in [0.1, 0.15) is 82.6 Å². The summed E-state index contributed by atoms with van der Waals surface area (Å²) in [7, 11) is 0. The molecular weight excluding hydrogens is 494 g/mol. The van der Waals surface area contributed by atoms with Crippen LogP contribution in [0.25, 0.3) is 34.2 Å². The molecule has 1 aromatic heterocycles. The number of aryl methyl sites for hydroxylation is 4. The smallest absolute Gasteiger partial charge is 0.167 e. The highest BCUT2D eigenvalue weighted by molar-refractivity contribution is 5.72. The summed E-state index contributed by atoms with van der Waals surface area (Å²) in [6.45, 7) is 11.5. The number of benzene rings is 3. The fourth-order valence-corrected chi connectivity index (χ4v) is 5.00. The van der Waals surface area contributed by atoms with Gasteiger partial charge in [-0.25, -0.2) is 15.0 Å². The Bertz CT molecular complexity index is 1360. The highest BCUT2D eigenvalue weighted by atomic mass is 16.5. The highest BCUT2D eigenvalue weighted by Gasteiger charge is 2.18. The van der Waals surface area contributed by atoms with E-state index >= 15 is 0 Å². The summed E-state index contributed by atoms with van der Waals surface area (Å²) >= 11 is 0. The molecule has 0 atom stereocenters. The largest absolute Gasteiger partial charge is 0.507 e. The molecule has 0 radical (unpaired) electrons. The fourth-order valence-electron chi connectivity index (χ4n) is 5.00. The second-order valence-electron chi connectivity index (χ2n) is 10.3. The van der Waals surface area contributed by atoms with Gasteiger partial charge in [0.05, 0.1) is 12.2 Å². The SMILES string of the molecule is CCCCCCOc1ccc(-c2nc(-c3ccc(CC)cc3CC)nc(-c3ccc(CC)cc3CC)n2)c(O)c1. The molecule has 4 aromatic rings. The van der Waals surface area contributed by atoms with Crippen molar-refractivity contribution in [2.45, 2.75) is 86.0 Å². The number of rotatable bonds is 13. The third kappa shape index (κ3) is 6.88. The Hall–Kier alpha value is -3.73. The summed E-state index contributed by atoms with van der Waals surface area (Å²) in [4.78, 5) is 14.8. The molecule has 5 heteroatoms. The molecule has 4 rings (SSSR count). The Morgan fingerprint density at radius 1 is 0.575 bits per heavy atom. The van der Waals surface area contributed by atoms with Gasteiger partial charge in [0.15, 0.2) is 17.5 Å². The van der Waals surface area contributed by atoms with Gasteiger partial charge < -0.3 is 9.84 Å². The summed E-state index contributed by atoms with van der Waals surface area (Å²) < 4.78 is 5.90. The first-order chi connectivity index (χ1) is 19.5. The Kier molecular flexibility index (Phi) is 10.3. The van der Waals surface area contributed by atoms with Gasteiger partial charge in [-0.1, -0.05) is 90.3 Å². The van der Waals surface area contributed by atoms with E-state index in [0.29, 0.717) is 35.4 Å². The number of aromatic hydroxyl groups is 1. The number of phenolic OH excluding ortho intramolecular Hbond substituents is 1. The average Bonchev–Trinajstić information content (AvgIpc) is 3.00. The topological polar surface area (TPSA) is 68.1 Å². The summed E-state index contributed by atoms with van der Waals surface area (Å²) in [5.74, 6) is 2.45. The first-order valence-electron chi connectivity index (χ1n) is 15.0. The van der Waals surface area contributed by atoms with Crippen LogP contribution < -0.4 is 4.74 Å². The first-order valence-corrected chi connectivity index (χ1v) is 15.0. The molecule has 1 N–H and O–H groups in total. The molecule has 0 saturated carbocycles. The van der Waals surface area contributed by atoms with Crippen molar-refractivity contribution in [2.75, 3.05) is 6.61 Å². The lowest BCUT2D eigenvalue weighted by Gasteiger charge is -2.15. The molecule has 0 aliphatic carbocycles. The van der Waals surface area contributed by atoms with Gasteiger partial charge >= 0.3 is 0 Å². The van der Waals surface area contributed by atoms with E-state index < -0.39 is 0 Å². The highest BCUT2D eigenvalue weighted by Crippen LogP contribution is 2.34. The molecule has 0 amide bonds. The van der Waals surface area contributed by atoms with Gasteiger partial charge in [0.2, 0.25) is 0 Å². The lowest BCUT2D eigenvalue weighted by molar-refractivity contribution is 0.303. The zero-order valence-electron chi connectivity index (χ0n) is 24.8. The third-order valence-electron chi connectivity index (χ3n) is 7.51. The van der Waals surface area contributed by atoms with Crippen molar-refractivity contribution < 1.29 is 9.84 Å². The van der Waals surface area contributed by atoms with Crippen molar-refractivity contribution in [1.82, 2.24) is 15.0 Å². The summed E-state index contributed by atoms with van der Waals surface area (Å²) in [5, 5.41) is 11.1. The zero-order chi connectivity index (χ0) is 28.5. The van der Waals surface area contributed by atoms with E-state index in [1.807, 2.05) is 12.1 Å². The molecule has 0 aliphatic rings. The number of phenols is 1. The maximum atomic E-state index is 11.1. The minimum atomic E-state index is 0.100. The van der Waals surface area contributed by atoms with Crippen molar-refractivity contribution in [3.8, 4) is 45.7 Å². The molecule has 0 fully saturated rings. The van der Waals surface area contributed by atoms with Crippen LogP contribution in [0, 0.1) is 0 Å². The Morgan fingerprint density at radius 3 is 1.57 bits per heavy atom. The van der Waals surface area contributed by atoms with Crippen molar-refractivity contribution in [3.05, 3.63) is 76.9 Å². The summed E-state index contributed by atoms with van der Waals surface area (Å²) in [6, 6.07) is 18.4. The van der Waals surface area contributed by atoms with Crippen LogP contribution >= 0.6 is 0 Å². The predicted octanol–water partition coefficient (Wildman–Crippen LogP) is 8.79. The van der Waals surface area contributed by atoms with Gasteiger partial charge in [0.25, 0.3) is 0 Å². The second-order valence-corrected chi connectivity index (χ2v) is 10.3. The van der Waals surface area contributed by atoms with Crippen LogP contribution in [0.3, 0.4) is 0 Å². The standard InChI is InChI=1S/C35H43N3O2/c1-6-11-12-13-20-40-28-16-19-31(32(39)23-28)35-37-33(29-17-14-24(7-2)21-26(29)9-4)36-34(38-35)30-18-15-25(8-3)22-27(30)10-5/h14-19,21-23,39H,6-13,20H2,1-5H3. The molecule has 40 heavy (non-hydrogen) atoms. The van der Waals surface area contributed by atoms with Crippen LogP contribution in [0.5, 0.6) is 11.5 Å². The molecule has 210 valence electrons. The molecule has 1 heterocycles. The molecule has 0 unspecified atom stereocenters. The molecule has 0 bridgehead atoms. The van der Waals surface area contributed by atoms with Gasteiger partial charge in [0.1, 0.15) is 11.5 Å². The number of aromatic nitrogens is 3. The van der Waals surface area contributed by atoms with Gasteiger partial charge in [-0.3, -0.25) is 0 Å². The van der Waals surface area contributed by atoms with E-state index in [4.69, 9.17) is 19.7 Å². The number of hydrogen-bond donors (Lipinski definition) is 1. The van der Waals surface area contributed by atoms with Crippen molar-refractivity contribution in [3.63, 3.8) is 0 Å². The van der Waals surface area contributed by atoms with Gasteiger partial charge in [-0.05, 0) is 66.5 Å². The van der Waals surface area contributed by atoms with E-state index in [0.717, 1.165) is 49.7 Å². The van der Waals surface area contributed by atoms with Crippen LogP contribution in [0.15, 0.2) is 54.6 Å². The van der Waals surface area contributed by atoms with Gasteiger partial charge in [-0.15, -0.1) is 0 Å². The predicted molar refractivity (Wildman–Crippen MR) is 165 cm³/mol. The average molecular weight is 538 g/mol. The van der Waals surface area contributed by atoms with Gasteiger partial charge in [-0.2, -0.15) is 0 Å². The fraction of sp³-hybridized carbons (Fsp3) is 0.400. The lowest BCUT2D eigenvalue weighted by Crippen LogP contribution is -2.04. The normalized spacial score (nSPS) is 11.1. The van der Waals surface area contributed by atoms with Crippen LogP contribution in [0.2, 0.25) is 0 Å². The van der Waals surface area contributed by atoms with E-state index in [1.165, 1.54) is 35.1 Å². The second kappa shape index (κ2) is 14.1. The van der Waals surface area contributed by atoms with Crippen molar-refractivity contribution in [1.29, 1.82) is 0 Å². The number of hydrogen-bond acceptors (Lipinski definition) is 5. The molecule has 0 saturated heterocycles. The quantitative estimate of drug-likeness (QED) is 0.173. The van der Waals surface area contributed by atoms with Crippen LogP contribution in [0.4, 0.5) is 0 Å².